The average molecular weight is 376 g/mol. The molecule has 26 heavy (non-hydrogen) atoms. The summed E-state index contributed by atoms with van der Waals surface area (Å²) in [6.07, 6.45) is 2.34. The smallest absolute Gasteiger partial charge is 0.326 e. The lowest BCUT2D eigenvalue weighted by Gasteiger charge is -2.33. The third-order valence-corrected chi connectivity index (χ3v) is 6.30. The van der Waals surface area contributed by atoms with Crippen molar-refractivity contribution in [3.8, 4) is 0 Å². The summed E-state index contributed by atoms with van der Waals surface area (Å²) in [4.78, 5) is 26.7. The number of carbonyl (C=O) groups excluding carboxylic acids is 1. The minimum atomic E-state index is -0.925. The molecule has 6 nitrogen and oxygen atoms in total. The lowest BCUT2D eigenvalue weighted by Crippen LogP contribution is -2.42. The Bertz CT molecular complexity index is 886. The van der Waals surface area contributed by atoms with Crippen LogP contribution in [0.2, 0.25) is 5.02 Å². The van der Waals surface area contributed by atoms with Gasteiger partial charge in [0.2, 0.25) is 0 Å². The molecule has 0 radical (unpaired) electrons. The molecule has 1 atom stereocenters. The Morgan fingerprint density at radius 3 is 2.69 bits per heavy atom. The van der Waals surface area contributed by atoms with Gasteiger partial charge in [-0.2, -0.15) is 0 Å². The Kier molecular flexibility index (Phi) is 4.20. The van der Waals surface area contributed by atoms with Crippen molar-refractivity contribution in [2.45, 2.75) is 25.3 Å². The molecule has 2 fully saturated rings. The second-order valence-corrected chi connectivity index (χ2v) is 7.91. The molecule has 138 valence electrons. The molecule has 1 amide bonds. The zero-order valence-corrected chi connectivity index (χ0v) is 15.4. The second-order valence-electron chi connectivity index (χ2n) is 7.50. The first-order valence-electron chi connectivity index (χ1n) is 8.90. The minimum absolute atomic E-state index is 0.0911. The van der Waals surface area contributed by atoms with E-state index in [-0.39, 0.29) is 11.3 Å². The first-order valence-corrected chi connectivity index (χ1v) is 9.28. The van der Waals surface area contributed by atoms with E-state index in [0.29, 0.717) is 23.7 Å². The Balaban J connectivity index is 1.71. The highest BCUT2D eigenvalue weighted by Gasteiger charge is 2.49. The number of nitrogens with zero attached hydrogens (tertiary/aromatic N) is 2. The summed E-state index contributed by atoms with van der Waals surface area (Å²) in [5.74, 6) is -1.16. The van der Waals surface area contributed by atoms with Crippen molar-refractivity contribution in [1.29, 1.82) is 0 Å². The van der Waals surface area contributed by atoms with Crippen LogP contribution in [0.15, 0.2) is 24.3 Å². The number of likely N-dealkylation sites (tertiary alicyclic amines) is 1. The maximum atomic E-state index is 13.3. The van der Waals surface area contributed by atoms with Crippen LogP contribution in [0.25, 0.3) is 10.9 Å². The average Bonchev–Trinajstić information content (AvgIpc) is 3.15. The van der Waals surface area contributed by atoms with Gasteiger partial charge in [0.15, 0.2) is 0 Å². The number of halogens is 1. The van der Waals surface area contributed by atoms with Crippen LogP contribution in [0.1, 0.15) is 29.8 Å². The molecule has 2 aliphatic rings. The maximum Gasteiger partial charge on any atom is 0.326 e. The first kappa shape index (κ1) is 17.4. The van der Waals surface area contributed by atoms with Crippen molar-refractivity contribution < 1.29 is 14.7 Å². The van der Waals surface area contributed by atoms with Gasteiger partial charge in [0.05, 0.1) is 0 Å². The van der Waals surface area contributed by atoms with Crippen LogP contribution in [0.3, 0.4) is 0 Å². The van der Waals surface area contributed by atoms with Crippen LogP contribution in [-0.2, 0) is 11.8 Å². The van der Waals surface area contributed by atoms with E-state index >= 15 is 0 Å². The lowest BCUT2D eigenvalue weighted by molar-refractivity contribution is -0.141. The summed E-state index contributed by atoms with van der Waals surface area (Å²) < 4.78 is 1.80. The third kappa shape index (κ3) is 2.68. The number of fused-ring (bicyclic) bond motifs is 1. The molecule has 1 aromatic carbocycles. The van der Waals surface area contributed by atoms with Crippen molar-refractivity contribution in [2.24, 2.45) is 12.5 Å². The monoisotopic (exact) mass is 375 g/mol. The molecule has 4 rings (SSSR count). The van der Waals surface area contributed by atoms with Crippen molar-refractivity contribution in [3.05, 3.63) is 35.0 Å². The largest absolute Gasteiger partial charge is 0.480 e. The standard InChI is InChI=1S/C19H22ClN3O3/c1-22-14-4-2-3-13(20)12(14)9-15(22)17(24)23-11-19(5-7-21-8-6-19)10-16(23)18(25)26/h2-4,9,16,21H,5-8,10-11H2,1H3,(H,25,26)/t16-/m1/s1. The van der Waals surface area contributed by atoms with Gasteiger partial charge >= 0.3 is 5.97 Å². The number of piperidine rings is 1. The van der Waals surface area contributed by atoms with Crippen molar-refractivity contribution in [2.75, 3.05) is 19.6 Å². The topological polar surface area (TPSA) is 74.6 Å². The van der Waals surface area contributed by atoms with Crippen LogP contribution in [0, 0.1) is 5.41 Å². The van der Waals surface area contributed by atoms with Crippen molar-refractivity contribution in [3.63, 3.8) is 0 Å². The van der Waals surface area contributed by atoms with E-state index in [0.717, 1.165) is 36.8 Å². The number of aliphatic carboxylic acids is 1. The van der Waals surface area contributed by atoms with Crippen molar-refractivity contribution >= 4 is 34.4 Å². The van der Waals surface area contributed by atoms with Crippen LogP contribution in [-0.4, -0.2) is 52.1 Å². The normalized spacial score (nSPS) is 22.2. The molecular formula is C19H22ClN3O3. The number of carboxylic acids is 1. The second kappa shape index (κ2) is 6.28. The number of aromatic nitrogens is 1. The zero-order valence-electron chi connectivity index (χ0n) is 14.7. The van der Waals surface area contributed by atoms with Crippen LogP contribution < -0.4 is 5.32 Å². The number of benzene rings is 1. The van der Waals surface area contributed by atoms with Gasteiger partial charge in [-0.25, -0.2) is 4.79 Å². The van der Waals surface area contributed by atoms with Crippen LogP contribution in [0.4, 0.5) is 0 Å². The third-order valence-electron chi connectivity index (χ3n) is 5.97. The molecule has 0 saturated carbocycles. The Labute approximate surface area is 156 Å². The number of amides is 1. The summed E-state index contributed by atoms with van der Waals surface area (Å²) in [5.41, 5.74) is 1.25. The molecule has 1 spiro atoms. The van der Waals surface area contributed by atoms with Gasteiger partial charge < -0.3 is 19.9 Å². The van der Waals surface area contributed by atoms with Gasteiger partial charge in [0.1, 0.15) is 11.7 Å². The van der Waals surface area contributed by atoms with Gasteiger partial charge in [-0.05, 0) is 56.0 Å². The molecule has 7 heteroatoms. The molecule has 0 bridgehead atoms. The molecule has 2 aliphatic heterocycles. The predicted molar refractivity (Wildman–Crippen MR) is 99.5 cm³/mol. The Morgan fingerprint density at radius 1 is 1.31 bits per heavy atom. The van der Waals surface area contributed by atoms with E-state index in [1.165, 1.54) is 0 Å². The molecule has 0 aliphatic carbocycles. The van der Waals surface area contributed by atoms with E-state index in [1.807, 2.05) is 19.2 Å². The lowest BCUT2D eigenvalue weighted by atomic mass is 9.77. The number of nitrogens with one attached hydrogen (secondary N) is 1. The highest BCUT2D eigenvalue weighted by molar-refractivity contribution is 6.35. The summed E-state index contributed by atoms with van der Waals surface area (Å²) >= 11 is 6.26. The summed E-state index contributed by atoms with van der Waals surface area (Å²) in [6, 6.07) is 6.54. The number of carbonyl (C=O) groups is 2. The quantitative estimate of drug-likeness (QED) is 0.845. The number of rotatable bonds is 2. The number of hydrogen-bond acceptors (Lipinski definition) is 3. The minimum Gasteiger partial charge on any atom is -0.480 e. The highest BCUT2D eigenvalue weighted by atomic mass is 35.5. The predicted octanol–water partition coefficient (Wildman–Crippen LogP) is 2.50. The molecule has 2 N–H and O–H groups in total. The molecule has 3 heterocycles. The van der Waals surface area contributed by atoms with E-state index < -0.39 is 12.0 Å². The number of carboxylic acid groups (broad SMARTS) is 1. The Morgan fingerprint density at radius 2 is 2.04 bits per heavy atom. The van der Waals surface area contributed by atoms with E-state index in [9.17, 15) is 14.7 Å². The molecule has 2 saturated heterocycles. The van der Waals surface area contributed by atoms with E-state index in [1.54, 1.807) is 21.6 Å². The molecule has 0 unspecified atom stereocenters. The fraction of sp³-hybridized carbons (Fsp3) is 0.474. The highest BCUT2D eigenvalue weighted by Crippen LogP contribution is 2.42. The molecular weight excluding hydrogens is 354 g/mol. The van der Waals surface area contributed by atoms with Crippen LogP contribution >= 0.6 is 11.6 Å². The van der Waals surface area contributed by atoms with Gasteiger partial charge in [0, 0.05) is 29.5 Å². The van der Waals surface area contributed by atoms with Gasteiger partial charge in [0.25, 0.3) is 5.91 Å². The summed E-state index contributed by atoms with van der Waals surface area (Å²) in [6.45, 7) is 2.25. The summed E-state index contributed by atoms with van der Waals surface area (Å²) in [7, 11) is 1.82. The maximum absolute atomic E-state index is 13.3. The number of hydrogen-bond donors (Lipinski definition) is 2. The fourth-order valence-electron chi connectivity index (χ4n) is 4.49. The molecule has 2 aromatic rings. The van der Waals surface area contributed by atoms with Crippen molar-refractivity contribution in [1.82, 2.24) is 14.8 Å². The number of aryl methyl sites for hydroxylation is 1. The van der Waals surface area contributed by atoms with E-state index in [2.05, 4.69) is 5.32 Å². The molecule has 1 aromatic heterocycles. The first-order chi connectivity index (χ1) is 12.4. The van der Waals surface area contributed by atoms with Gasteiger partial charge in [-0.1, -0.05) is 17.7 Å². The zero-order chi connectivity index (χ0) is 18.5. The SMILES string of the molecule is Cn1c(C(=O)N2CC3(CCNCC3)C[C@@H]2C(=O)O)cc2c(Cl)cccc21. The van der Waals surface area contributed by atoms with E-state index in [4.69, 9.17) is 11.6 Å². The van der Waals surface area contributed by atoms with Gasteiger partial charge in [-0.3, -0.25) is 4.79 Å². The summed E-state index contributed by atoms with van der Waals surface area (Å²) in [5, 5.41) is 14.4. The fourth-order valence-corrected chi connectivity index (χ4v) is 4.71. The van der Waals surface area contributed by atoms with Crippen LogP contribution in [0.5, 0.6) is 0 Å². The van der Waals surface area contributed by atoms with Gasteiger partial charge in [-0.15, -0.1) is 0 Å². The Hall–Kier alpha value is -2.05.